The van der Waals surface area contributed by atoms with Crippen LogP contribution in [0.1, 0.15) is 13.8 Å². The first kappa shape index (κ1) is 25.0. The number of carbonyl (C=O) groups is 2. The number of aromatic nitrogens is 2. The number of methoxy groups -OCH3 is 1. The van der Waals surface area contributed by atoms with Crippen LogP contribution >= 0.6 is 7.60 Å². The molecule has 2 heterocycles. The van der Waals surface area contributed by atoms with Crippen LogP contribution in [0.5, 0.6) is 0 Å². The van der Waals surface area contributed by atoms with Crippen LogP contribution in [0.2, 0.25) is 0 Å². The average molecular weight is 461 g/mol. The molecule has 0 spiro atoms. The van der Waals surface area contributed by atoms with Crippen molar-refractivity contribution >= 4 is 25.3 Å². The number of nitrogens with two attached hydrogens (primary N) is 2. The van der Waals surface area contributed by atoms with Gasteiger partial charge in [-0.25, -0.2) is 9.59 Å². The lowest BCUT2D eigenvalue weighted by Crippen LogP contribution is -2.52. The molecule has 5 N–H and O–H groups in total. The number of hydrogen-bond donors (Lipinski definition) is 3. The van der Waals surface area contributed by atoms with Gasteiger partial charge in [0.1, 0.15) is 18.3 Å². The van der Waals surface area contributed by atoms with Crippen molar-refractivity contribution in [2.75, 3.05) is 32.4 Å². The minimum atomic E-state index is -3.70. The molecule has 1 aliphatic rings. The molecule has 1 aromatic heterocycles. The number of carbonyl (C=O) groups excluding carboxylic acids is 2. The summed E-state index contributed by atoms with van der Waals surface area (Å²) in [5, 5.41) is 2.42. The third-order valence-corrected chi connectivity index (χ3v) is 6.03. The predicted octanol–water partition coefficient (Wildman–Crippen LogP) is -0.951. The molecule has 0 radical (unpaired) electrons. The summed E-state index contributed by atoms with van der Waals surface area (Å²) in [6.45, 7) is 3.03. The largest absolute Gasteiger partial charge is 0.467 e. The number of hydrogen-bond acceptors (Lipinski definition) is 11. The number of nitrogen functional groups attached to an aromatic ring is 1. The van der Waals surface area contributed by atoms with Crippen LogP contribution < -0.4 is 22.5 Å². The molecule has 31 heavy (non-hydrogen) atoms. The minimum absolute atomic E-state index is 0.0987. The van der Waals surface area contributed by atoms with Crippen LogP contribution in [0, 0.1) is 5.92 Å². The van der Waals surface area contributed by atoms with Crippen molar-refractivity contribution in [3.8, 4) is 0 Å². The van der Waals surface area contributed by atoms with Crippen LogP contribution in [-0.2, 0) is 39.2 Å². The molecule has 13 nitrogen and oxygen atoms in total. The van der Waals surface area contributed by atoms with Crippen LogP contribution in [0.3, 0.4) is 0 Å². The fraction of sp³-hybridized carbons (Fsp3) is 0.647. The summed E-state index contributed by atoms with van der Waals surface area (Å²) in [4.78, 5) is 39.5. The molecule has 1 amide bonds. The molecule has 0 saturated carbocycles. The maximum absolute atomic E-state index is 12.7. The second-order valence-electron chi connectivity index (χ2n) is 7.26. The van der Waals surface area contributed by atoms with Crippen molar-refractivity contribution in [3.05, 3.63) is 22.7 Å². The van der Waals surface area contributed by atoms with E-state index in [1.54, 1.807) is 13.8 Å². The van der Waals surface area contributed by atoms with Gasteiger partial charge in [0, 0.05) is 6.20 Å². The van der Waals surface area contributed by atoms with Gasteiger partial charge in [0.15, 0.2) is 6.04 Å². The van der Waals surface area contributed by atoms with Gasteiger partial charge in [-0.3, -0.25) is 13.9 Å². The van der Waals surface area contributed by atoms with E-state index in [0.717, 1.165) is 7.11 Å². The summed E-state index contributed by atoms with van der Waals surface area (Å²) in [7, 11) is -2.56. The summed E-state index contributed by atoms with van der Waals surface area (Å²) in [5.74, 6) is -1.42. The van der Waals surface area contributed by atoms with Crippen molar-refractivity contribution in [1.29, 1.82) is 0 Å². The summed E-state index contributed by atoms with van der Waals surface area (Å²) in [6, 6.07) is -0.607. The van der Waals surface area contributed by atoms with E-state index >= 15 is 0 Å². The van der Waals surface area contributed by atoms with Crippen LogP contribution in [0.4, 0.5) is 5.82 Å². The van der Waals surface area contributed by atoms with Crippen molar-refractivity contribution in [2.24, 2.45) is 11.7 Å². The van der Waals surface area contributed by atoms with Gasteiger partial charge >= 0.3 is 19.3 Å². The Labute approximate surface area is 178 Å². The Balaban J connectivity index is 1.91. The van der Waals surface area contributed by atoms with E-state index in [1.807, 2.05) is 0 Å². The molecule has 0 aliphatic carbocycles. The molecule has 4 atom stereocenters. The molecule has 14 heteroatoms. The normalized spacial score (nSPS) is 23.2. The number of nitrogens with one attached hydrogen (secondary N) is 1. The van der Waals surface area contributed by atoms with E-state index in [0.29, 0.717) is 0 Å². The number of ether oxygens (including phenoxy) is 2. The zero-order valence-corrected chi connectivity index (χ0v) is 18.4. The Kier molecular flexibility index (Phi) is 8.71. The van der Waals surface area contributed by atoms with Gasteiger partial charge in [-0.05, 0) is 12.0 Å². The van der Waals surface area contributed by atoms with Crippen LogP contribution in [-0.4, -0.2) is 66.3 Å². The zero-order chi connectivity index (χ0) is 23.2. The number of nitrogens with zero attached hydrogens (tertiary/aromatic N) is 2. The van der Waals surface area contributed by atoms with Gasteiger partial charge in [0.25, 0.3) is 0 Å². The topological polar surface area (TPSA) is 187 Å². The van der Waals surface area contributed by atoms with Gasteiger partial charge in [0.2, 0.25) is 5.91 Å². The van der Waals surface area contributed by atoms with Crippen molar-refractivity contribution < 1.29 is 32.7 Å². The Morgan fingerprint density at radius 2 is 2.16 bits per heavy atom. The quantitative estimate of drug-likeness (QED) is 0.304. The van der Waals surface area contributed by atoms with E-state index < -0.39 is 56.3 Å². The maximum Gasteiger partial charge on any atom is 0.356 e. The van der Waals surface area contributed by atoms with Crippen molar-refractivity contribution in [3.63, 3.8) is 0 Å². The fourth-order valence-corrected chi connectivity index (χ4v) is 3.92. The molecule has 0 bridgehead atoms. The van der Waals surface area contributed by atoms with Gasteiger partial charge in [-0.1, -0.05) is 13.8 Å². The Hall–Kier alpha value is -2.31. The number of rotatable bonds is 9. The van der Waals surface area contributed by atoms with Gasteiger partial charge < -0.3 is 35.3 Å². The molecule has 1 saturated heterocycles. The lowest BCUT2D eigenvalue weighted by Gasteiger charge is -2.30. The Morgan fingerprint density at radius 1 is 1.45 bits per heavy atom. The third-order valence-electron chi connectivity index (χ3n) is 4.48. The van der Waals surface area contributed by atoms with E-state index in [9.17, 15) is 18.9 Å². The van der Waals surface area contributed by atoms with E-state index in [4.69, 9.17) is 25.3 Å². The Bertz CT molecular complexity index is 880. The summed E-state index contributed by atoms with van der Waals surface area (Å²) in [5.41, 5.74) is 10.7. The first-order valence-corrected chi connectivity index (χ1v) is 11.2. The third kappa shape index (κ3) is 7.11. The molecular weight excluding hydrogens is 433 g/mol. The van der Waals surface area contributed by atoms with Gasteiger partial charge in [-0.15, -0.1) is 0 Å². The monoisotopic (exact) mass is 461 g/mol. The maximum atomic E-state index is 12.7. The zero-order valence-electron chi connectivity index (χ0n) is 17.6. The van der Waals surface area contributed by atoms with Crippen LogP contribution in [0.25, 0.3) is 0 Å². The van der Waals surface area contributed by atoms with E-state index in [1.165, 1.54) is 16.8 Å². The average Bonchev–Trinajstić information content (AvgIpc) is 2.73. The number of esters is 1. The van der Waals surface area contributed by atoms with Crippen LogP contribution in [0.15, 0.2) is 17.1 Å². The highest BCUT2D eigenvalue weighted by Gasteiger charge is 2.36. The van der Waals surface area contributed by atoms with Crippen molar-refractivity contribution in [1.82, 2.24) is 14.9 Å². The first-order chi connectivity index (χ1) is 14.5. The predicted molar refractivity (Wildman–Crippen MR) is 109 cm³/mol. The molecule has 0 aromatic carbocycles. The minimum Gasteiger partial charge on any atom is -0.467 e. The summed E-state index contributed by atoms with van der Waals surface area (Å²) >= 11 is 0. The highest BCUT2D eigenvalue weighted by atomic mass is 31.2. The van der Waals surface area contributed by atoms with Crippen molar-refractivity contribution in [2.45, 2.75) is 38.6 Å². The highest BCUT2D eigenvalue weighted by Crippen LogP contribution is 2.51. The first-order valence-electron chi connectivity index (χ1n) is 9.51. The standard InChI is InChI=1S/C17H28N5O8P/c1-10(2)14(19)15(23)20-12(16(24)27-3)8-30-31(26)9-28-11(7-29-31)6-22-5-4-13(18)21-17(22)25/h4-5,10-12,14H,6-9,19H2,1-3H3,(H,20,23)(H2,18,21,25)/t11-,12-,14?,31?/m0/s1. The van der Waals surface area contributed by atoms with Gasteiger partial charge in [-0.2, -0.15) is 4.98 Å². The van der Waals surface area contributed by atoms with E-state index in [2.05, 4.69) is 15.0 Å². The molecule has 1 fully saturated rings. The molecule has 1 aliphatic heterocycles. The lowest BCUT2D eigenvalue weighted by atomic mass is 10.0. The second-order valence-corrected chi connectivity index (χ2v) is 9.26. The molecular formula is C17H28N5O8P. The smallest absolute Gasteiger partial charge is 0.356 e. The van der Waals surface area contributed by atoms with Gasteiger partial charge in [0.05, 0.1) is 32.9 Å². The molecule has 1 aromatic rings. The van der Waals surface area contributed by atoms with E-state index in [-0.39, 0.29) is 24.9 Å². The Morgan fingerprint density at radius 3 is 2.71 bits per heavy atom. The summed E-state index contributed by atoms with van der Waals surface area (Å²) in [6.07, 6.45) is 0.487. The number of anilines is 1. The molecule has 2 unspecified atom stereocenters. The highest BCUT2D eigenvalue weighted by molar-refractivity contribution is 7.53. The second kappa shape index (κ2) is 10.8. The lowest BCUT2D eigenvalue weighted by molar-refractivity contribution is -0.146. The summed E-state index contributed by atoms with van der Waals surface area (Å²) < 4.78 is 34.8. The molecule has 174 valence electrons. The SMILES string of the molecule is COC(=O)[C@H](COP1(=O)CO[C@@H](Cn2ccc(N)nc2=O)CO1)NC(=O)C(N)C(C)C. The number of amides is 1. The molecule has 2 rings (SSSR count). The fourth-order valence-electron chi connectivity index (χ4n) is 2.53.